The number of rotatable bonds is 9. The molecule has 1 aromatic carbocycles. The van der Waals surface area contributed by atoms with Gasteiger partial charge in [-0.05, 0) is 37.2 Å². The second-order valence-electron chi connectivity index (χ2n) is 7.11. The van der Waals surface area contributed by atoms with Crippen molar-refractivity contribution in [2.24, 2.45) is 5.92 Å². The normalized spacial score (nSPS) is 15.3. The second-order valence-corrected chi connectivity index (χ2v) is 9.12. The molecule has 5 nitrogen and oxygen atoms in total. The van der Waals surface area contributed by atoms with E-state index in [9.17, 15) is 18.3 Å². The first kappa shape index (κ1) is 20.1. The minimum absolute atomic E-state index is 0.0693. The van der Waals surface area contributed by atoms with Crippen LogP contribution in [0.4, 0.5) is 0 Å². The maximum absolute atomic E-state index is 13.3. The predicted octanol–water partition coefficient (Wildman–Crippen LogP) is 4.51. The van der Waals surface area contributed by atoms with E-state index < -0.39 is 31.4 Å². The highest BCUT2D eigenvalue weighted by Crippen LogP contribution is 2.48. The number of hydrogen-bond acceptors (Lipinski definition) is 5. The van der Waals surface area contributed by atoms with Gasteiger partial charge in [-0.2, -0.15) is 0 Å². The molecule has 2 aromatic rings. The Morgan fingerprint density at radius 1 is 1.14 bits per heavy atom. The van der Waals surface area contributed by atoms with Crippen LogP contribution in [0, 0.1) is 5.92 Å². The van der Waals surface area contributed by atoms with Crippen molar-refractivity contribution in [3.8, 4) is 5.75 Å². The molecule has 1 aromatic heterocycles. The van der Waals surface area contributed by atoms with E-state index in [-0.39, 0.29) is 17.6 Å². The predicted molar refractivity (Wildman–Crippen MR) is 108 cm³/mol. The summed E-state index contributed by atoms with van der Waals surface area (Å²) in [7, 11) is -4.12. The number of allylic oxidation sites excluding steroid dienone is 2. The number of hydrogen-bond donors (Lipinski definition) is 1. The molecular weight excluding hydrogens is 376 g/mol. The van der Waals surface area contributed by atoms with Crippen LogP contribution in [0.2, 0.25) is 0 Å². The van der Waals surface area contributed by atoms with Gasteiger partial charge in [0.05, 0.1) is 5.25 Å². The number of aromatic hydroxyl groups is 1. The largest absolute Gasteiger partial charge is 0.506 e. The van der Waals surface area contributed by atoms with E-state index in [1.807, 2.05) is 0 Å². The zero-order valence-electron chi connectivity index (χ0n) is 15.6. The van der Waals surface area contributed by atoms with Crippen molar-refractivity contribution in [1.29, 1.82) is 0 Å². The average molecular weight is 400 g/mol. The molecule has 0 aliphatic heterocycles. The van der Waals surface area contributed by atoms with Crippen LogP contribution >= 0.6 is 0 Å². The van der Waals surface area contributed by atoms with E-state index in [1.165, 1.54) is 6.07 Å². The molecule has 3 rings (SSSR count). The summed E-state index contributed by atoms with van der Waals surface area (Å²) >= 11 is 0. The highest BCUT2D eigenvalue weighted by atomic mass is 32.2. The third kappa shape index (κ3) is 3.97. The molecular formula is C22H24O5S. The van der Waals surface area contributed by atoms with Crippen LogP contribution in [0.5, 0.6) is 5.75 Å². The molecule has 1 fully saturated rings. The molecule has 1 aliphatic carbocycles. The summed E-state index contributed by atoms with van der Waals surface area (Å²) in [6.07, 6.45) is 5.90. The van der Waals surface area contributed by atoms with Crippen molar-refractivity contribution in [2.45, 2.75) is 41.7 Å². The number of sulfone groups is 1. The summed E-state index contributed by atoms with van der Waals surface area (Å²) in [6.45, 7) is 7.36. The number of benzene rings is 1. The minimum Gasteiger partial charge on any atom is -0.506 e. The summed E-state index contributed by atoms with van der Waals surface area (Å²) in [4.78, 5) is 12.0. The van der Waals surface area contributed by atoms with Crippen molar-refractivity contribution in [1.82, 2.24) is 0 Å². The van der Waals surface area contributed by atoms with Crippen molar-refractivity contribution >= 4 is 9.84 Å². The first-order chi connectivity index (χ1) is 13.4. The lowest BCUT2D eigenvalue weighted by Crippen LogP contribution is -2.23. The van der Waals surface area contributed by atoms with E-state index in [4.69, 9.17) is 4.42 Å². The van der Waals surface area contributed by atoms with Crippen LogP contribution in [-0.4, -0.2) is 13.5 Å². The van der Waals surface area contributed by atoms with Gasteiger partial charge in [-0.25, -0.2) is 13.2 Å². The highest BCUT2D eigenvalue weighted by Gasteiger charge is 2.44. The van der Waals surface area contributed by atoms with E-state index in [0.717, 1.165) is 12.8 Å². The van der Waals surface area contributed by atoms with Gasteiger partial charge in [-0.3, -0.25) is 0 Å². The molecule has 0 bridgehead atoms. The lowest BCUT2D eigenvalue weighted by atomic mass is 9.98. The molecule has 0 radical (unpaired) electrons. The molecule has 0 spiro atoms. The third-order valence-corrected chi connectivity index (χ3v) is 7.28. The van der Waals surface area contributed by atoms with E-state index in [2.05, 4.69) is 13.2 Å². The Morgan fingerprint density at radius 3 is 2.25 bits per heavy atom. The molecule has 1 saturated carbocycles. The van der Waals surface area contributed by atoms with Gasteiger partial charge in [0.2, 0.25) is 0 Å². The Hall–Kier alpha value is -2.60. The van der Waals surface area contributed by atoms with E-state index in [1.54, 1.807) is 42.5 Å². The quantitative estimate of drug-likeness (QED) is 0.626. The van der Waals surface area contributed by atoms with Crippen LogP contribution in [0.3, 0.4) is 0 Å². The Balaban J connectivity index is 2.08. The molecule has 6 heteroatoms. The highest BCUT2D eigenvalue weighted by molar-refractivity contribution is 7.91. The Bertz CT molecular complexity index is 1010. The van der Waals surface area contributed by atoms with Gasteiger partial charge in [-0.15, -0.1) is 13.2 Å². The van der Waals surface area contributed by atoms with Crippen LogP contribution in [0.1, 0.15) is 48.2 Å². The maximum atomic E-state index is 13.3. The molecule has 0 amide bonds. The fourth-order valence-corrected chi connectivity index (χ4v) is 5.73. The van der Waals surface area contributed by atoms with Gasteiger partial charge in [0.15, 0.2) is 14.7 Å². The summed E-state index contributed by atoms with van der Waals surface area (Å²) in [5.74, 6) is -0.645. The zero-order chi connectivity index (χ0) is 20.3. The van der Waals surface area contributed by atoms with Gasteiger partial charge < -0.3 is 9.52 Å². The fraction of sp³-hybridized carbons (Fsp3) is 0.318. The van der Waals surface area contributed by atoms with Gasteiger partial charge in [-0.1, -0.05) is 42.5 Å². The minimum atomic E-state index is -4.12. The van der Waals surface area contributed by atoms with Crippen molar-refractivity contribution < 1.29 is 17.9 Å². The second kappa shape index (κ2) is 8.19. The van der Waals surface area contributed by atoms with Gasteiger partial charge >= 0.3 is 5.63 Å². The zero-order valence-corrected chi connectivity index (χ0v) is 16.4. The van der Waals surface area contributed by atoms with Crippen LogP contribution in [0.25, 0.3) is 0 Å². The monoisotopic (exact) mass is 400 g/mol. The third-order valence-electron chi connectivity index (χ3n) is 5.01. The summed E-state index contributed by atoms with van der Waals surface area (Å²) in [5, 5.41) is 9.63. The molecule has 1 heterocycles. The molecule has 1 N–H and O–H groups in total. The van der Waals surface area contributed by atoms with Crippen LogP contribution in [0.15, 0.2) is 75.8 Å². The van der Waals surface area contributed by atoms with Gasteiger partial charge in [0.1, 0.15) is 11.5 Å². The van der Waals surface area contributed by atoms with Crippen molar-refractivity contribution in [2.75, 3.05) is 0 Å². The Morgan fingerprint density at radius 2 is 1.75 bits per heavy atom. The van der Waals surface area contributed by atoms with E-state index in [0.29, 0.717) is 18.4 Å². The Labute approximate surface area is 165 Å². The summed E-state index contributed by atoms with van der Waals surface area (Å²) in [6, 6.07) is 10.0. The molecule has 1 atom stereocenters. The molecule has 0 saturated heterocycles. The first-order valence-electron chi connectivity index (χ1n) is 9.27. The fourth-order valence-electron chi connectivity index (χ4n) is 3.56. The average Bonchev–Trinajstić information content (AvgIpc) is 3.46. The molecule has 1 unspecified atom stereocenters. The van der Waals surface area contributed by atoms with Gasteiger partial charge in [0.25, 0.3) is 0 Å². The lowest BCUT2D eigenvalue weighted by Gasteiger charge is -2.18. The van der Waals surface area contributed by atoms with Crippen molar-refractivity contribution in [3.63, 3.8) is 0 Å². The lowest BCUT2D eigenvalue weighted by molar-refractivity contribution is 0.377. The van der Waals surface area contributed by atoms with Crippen LogP contribution < -0.4 is 5.63 Å². The molecule has 148 valence electrons. The SMILES string of the molecule is C=CCC(CC=C)c1cc(O)c(S(=O)(=O)C(c2ccccc2)C2CC2)c(=O)o1. The van der Waals surface area contributed by atoms with Crippen LogP contribution in [-0.2, 0) is 9.84 Å². The summed E-state index contributed by atoms with van der Waals surface area (Å²) < 4.78 is 32.0. The smallest absolute Gasteiger partial charge is 0.358 e. The molecule has 1 aliphatic rings. The summed E-state index contributed by atoms with van der Waals surface area (Å²) in [5.41, 5.74) is -0.418. The maximum Gasteiger partial charge on any atom is 0.358 e. The Kier molecular flexibility index (Phi) is 5.89. The standard InChI is InChI=1S/C22H24O5S/c1-3-8-15(9-4-2)19-14-18(23)21(22(24)27-19)28(25,26)20(17-12-13-17)16-10-6-5-7-11-16/h3-7,10-11,14-15,17,20,23H,1-2,8-9,12-13H2. The van der Waals surface area contributed by atoms with Gasteiger partial charge in [0, 0.05) is 12.0 Å². The van der Waals surface area contributed by atoms with Crippen molar-refractivity contribution in [3.05, 3.63) is 83.5 Å². The van der Waals surface area contributed by atoms with E-state index >= 15 is 0 Å². The topological polar surface area (TPSA) is 84.6 Å². The molecule has 28 heavy (non-hydrogen) atoms. The first-order valence-corrected chi connectivity index (χ1v) is 10.8.